The largest absolute Gasteiger partial charge is 0.314 e. The zero-order valence-corrected chi connectivity index (χ0v) is 7.62. The molecule has 1 aromatic rings. The smallest absolute Gasteiger partial charge is 0.134 e. The van der Waals surface area contributed by atoms with Crippen LogP contribution in [0.2, 0.25) is 0 Å². The van der Waals surface area contributed by atoms with Gasteiger partial charge in [-0.1, -0.05) is 0 Å². The Hall–Kier alpha value is -0.900. The van der Waals surface area contributed by atoms with Gasteiger partial charge in [0.25, 0.3) is 0 Å². The van der Waals surface area contributed by atoms with E-state index < -0.39 is 0 Å². The van der Waals surface area contributed by atoms with Gasteiger partial charge in [-0.2, -0.15) is 0 Å². The molecule has 0 spiro atoms. The average molecular weight is 166 g/mol. The van der Waals surface area contributed by atoms with Gasteiger partial charge in [0.1, 0.15) is 11.6 Å². The Bertz CT molecular complexity index is 279. The lowest BCUT2D eigenvalue weighted by atomic mass is 10.4. The maximum atomic E-state index is 4.14. The molecule has 0 bridgehead atoms. The van der Waals surface area contributed by atoms with Crippen molar-refractivity contribution >= 4 is 0 Å². The Morgan fingerprint density at radius 3 is 2.83 bits per heavy atom. The van der Waals surface area contributed by atoms with Crippen LogP contribution in [0.4, 0.5) is 0 Å². The van der Waals surface area contributed by atoms with Gasteiger partial charge in [0.15, 0.2) is 0 Å². The van der Waals surface area contributed by atoms with E-state index in [-0.39, 0.29) is 0 Å². The number of hydrogen-bond donors (Lipinski definition) is 0. The SMILES string of the molecule is Cc1nnc2n1CCN(C)CC2. The fourth-order valence-corrected chi connectivity index (χ4v) is 1.57. The molecule has 0 fully saturated rings. The van der Waals surface area contributed by atoms with Crippen molar-refractivity contribution in [2.75, 3.05) is 20.1 Å². The second kappa shape index (κ2) is 2.86. The third-order valence-corrected chi connectivity index (χ3v) is 2.43. The summed E-state index contributed by atoms with van der Waals surface area (Å²) < 4.78 is 2.21. The van der Waals surface area contributed by atoms with E-state index in [1.165, 1.54) is 0 Å². The molecule has 0 saturated carbocycles. The lowest BCUT2D eigenvalue weighted by Crippen LogP contribution is -2.21. The van der Waals surface area contributed by atoms with Crippen LogP contribution in [0.1, 0.15) is 11.6 Å². The van der Waals surface area contributed by atoms with E-state index >= 15 is 0 Å². The van der Waals surface area contributed by atoms with Crippen molar-refractivity contribution in [3.8, 4) is 0 Å². The van der Waals surface area contributed by atoms with Crippen LogP contribution >= 0.6 is 0 Å². The monoisotopic (exact) mass is 166 g/mol. The van der Waals surface area contributed by atoms with Crippen LogP contribution in [0.25, 0.3) is 0 Å². The van der Waals surface area contributed by atoms with Gasteiger partial charge in [-0.15, -0.1) is 10.2 Å². The molecule has 1 aliphatic rings. The molecule has 4 nitrogen and oxygen atoms in total. The molecule has 2 heterocycles. The van der Waals surface area contributed by atoms with E-state index in [2.05, 4.69) is 26.7 Å². The first-order valence-electron chi connectivity index (χ1n) is 4.34. The van der Waals surface area contributed by atoms with Crippen LogP contribution in [0.5, 0.6) is 0 Å². The van der Waals surface area contributed by atoms with Crippen molar-refractivity contribution in [2.24, 2.45) is 0 Å². The quantitative estimate of drug-likeness (QED) is 0.547. The Kier molecular flexibility index (Phi) is 1.84. The number of aryl methyl sites for hydroxylation is 1. The minimum atomic E-state index is 1.03. The molecule has 2 rings (SSSR count). The Morgan fingerprint density at radius 1 is 1.17 bits per heavy atom. The van der Waals surface area contributed by atoms with E-state index in [0.29, 0.717) is 0 Å². The zero-order valence-electron chi connectivity index (χ0n) is 7.62. The highest BCUT2D eigenvalue weighted by Gasteiger charge is 2.13. The fraction of sp³-hybridized carbons (Fsp3) is 0.750. The molecule has 1 aliphatic heterocycles. The highest BCUT2D eigenvalue weighted by Crippen LogP contribution is 2.06. The Balaban J connectivity index is 2.28. The first-order valence-corrected chi connectivity index (χ1v) is 4.34. The predicted molar refractivity (Wildman–Crippen MR) is 46.0 cm³/mol. The van der Waals surface area contributed by atoms with E-state index in [1.54, 1.807) is 0 Å². The molecule has 0 aliphatic carbocycles. The standard InChI is InChI=1S/C8H14N4/c1-7-9-10-8-3-4-11(2)5-6-12(7)8/h3-6H2,1-2H3. The van der Waals surface area contributed by atoms with E-state index in [9.17, 15) is 0 Å². The Morgan fingerprint density at radius 2 is 2.00 bits per heavy atom. The third kappa shape index (κ3) is 1.22. The number of rotatable bonds is 0. The summed E-state index contributed by atoms with van der Waals surface area (Å²) in [6.07, 6.45) is 1.03. The molecule has 0 amide bonds. The molecule has 0 radical (unpaired) electrons. The van der Waals surface area contributed by atoms with Gasteiger partial charge in [0.2, 0.25) is 0 Å². The highest BCUT2D eigenvalue weighted by molar-refractivity contribution is 4.96. The summed E-state index contributed by atoms with van der Waals surface area (Å²) in [5.74, 6) is 2.18. The van der Waals surface area contributed by atoms with E-state index in [1.807, 2.05) is 6.92 Å². The predicted octanol–water partition coefficient (Wildman–Crippen LogP) is 0.0744. The minimum Gasteiger partial charge on any atom is -0.314 e. The summed E-state index contributed by atoms with van der Waals surface area (Å²) in [6.45, 7) is 5.25. The summed E-state index contributed by atoms with van der Waals surface area (Å²) in [5, 5.41) is 8.20. The maximum Gasteiger partial charge on any atom is 0.134 e. The molecule has 0 unspecified atom stereocenters. The van der Waals surface area contributed by atoms with Crippen LogP contribution < -0.4 is 0 Å². The third-order valence-electron chi connectivity index (χ3n) is 2.43. The number of nitrogens with zero attached hydrogens (tertiary/aromatic N) is 4. The van der Waals surface area contributed by atoms with Crippen LogP contribution in [0, 0.1) is 6.92 Å². The van der Waals surface area contributed by atoms with Gasteiger partial charge in [0, 0.05) is 26.1 Å². The van der Waals surface area contributed by atoms with Crippen LogP contribution in [0.3, 0.4) is 0 Å². The normalized spacial score (nSPS) is 18.8. The molecule has 4 heteroatoms. The molecule has 0 atom stereocenters. The number of likely N-dealkylation sites (N-methyl/N-ethyl adjacent to an activating group) is 1. The van der Waals surface area contributed by atoms with Crippen molar-refractivity contribution < 1.29 is 0 Å². The van der Waals surface area contributed by atoms with Gasteiger partial charge in [-0.05, 0) is 14.0 Å². The average Bonchev–Trinajstić information content (AvgIpc) is 2.28. The van der Waals surface area contributed by atoms with Gasteiger partial charge < -0.3 is 9.47 Å². The molecular formula is C8H14N4. The number of aromatic nitrogens is 3. The van der Waals surface area contributed by atoms with Crippen LogP contribution in [0.15, 0.2) is 0 Å². The van der Waals surface area contributed by atoms with Crippen LogP contribution in [-0.2, 0) is 13.0 Å². The maximum absolute atomic E-state index is 4.14. The topological polar surface area (TPSA) is 34.0 Å². The van der Waals surface area contributed by atoms with Crippen molar-refractivity contribution in [3.63, 3.8) is 0 Å². The van der Waals surface area contributed by atoms with Crippen molar-refractivity contribution in [1.29, 1.82) is 0 Å². The molecule has 12 heavy (non-hydrogen) atoms. The summed E-state index contributed by atoms with van der Waals surface area (Å²) in [5.41, 5.74) is 0. The fourth-order valence-electron chi connectivity index (χ4n) is 1.57. The van der Waals surface area contributed by atoms with Crippen molar-refractivity contribution in [2.45, 2.75) is 19.9 Å². The lowest BCUT2D eigenvalue weighted by molar-refractivity contribution is 0.340. The van der Waals surface area contributed by atoms with E-state index in [0.717, 1.165) is 37.7 Å². The zero-order chi connectivity index (χ0) is 8.55. The molecular weight excluding hydrogens is 152 g/mol. The molecule has 1 aromatic heterocycles. The van der Waals surface area contributed by atoms with Gasteiger partial charge in [0.05, 0.1) is 0 Å². The molecule has 66 valence electrons. The first kappa shape index (κ1) is 7.73. The summed E-state index contributed by atoms with van der Waals surface area (Å²) in [4.78, 5) is 2.33. The second-order valence-electron chi connectivity index (χ2n) is 3.37. The van der Waals surface area contributed by atoms with E-state index in [4.69, 9.17) is 0 Å². The van der Waals surface area contributed by atoms with Crippen molar-refractivity contribution in [3.05, 3.63) is 11.6 Å². The lowest BCUT2D eigenvalue weighted by Gasteiger charge is -2.11. The second-order valence-corrected chi connectivity index (χ2v) is 3.37. The first-order chi connectivity index (χ1) is 5.77. The van der Waals surface area contributed by atoms with Gasteiger partial charge in [-0.3, -0.25) is 0 Å². The Labute approximate surface area is 72.2 Å². The van der Waals surface area contributed by atoms with Crippen LogP contribution in [-0.4, -0.2) is 39.8 Å². The highest BCUT2D eigenvalue weighted by atomic mass is 15.3. The van der Waals surface area contributed by atoms with Gasteiger partial charge >= 0.3 is 0 Å². The summed E-state index contributed by atoms with van der Waals surface area (Å²) in [7, 11) is 2.15. The molecule has 0 N–H and O–H groups in total. The van der Waals surface area contributed by atoms with Crippen molar-refractivity contribution in [1.82, 2.24) is 19.7 Å². The summed E-state index contributed by atoms with van der Waals surface area (Å²) >= 11 is 0. The number of fused-ring (bicyclic) bond motifs is 1. The molecule has 0 aromatic carbocycles. The summed E-state index contributed by atoms with van der Waals surface area (Å²) in [6, 6.07) is 0. The molecule has 0 saturated heterocycles. The van der Waals surface area contributed by atoms with Gasteiger partial charge in [-0.25, -0.2) is 0 Å². The number of hydrogen-bond acceptors (Lipinski definition) is 3. The minimum absolute atomic E-state index is 1.03.